The fraction of sp³-hybridized carbons (Fsp3) is 0.786. The number of carboxylic acid groups (broad SMARTS) is 2. The van der Waals surface area contributed by atoms with E-state index in [1.54, 1.807) is 0 Å². The highest BCUT2D eigenvalue weighted by Crippen LogP contribution is 2.13. The summed E-state index contributed by atoms with van der Waals surface area (Å²) in [4.78, 5) is 33.1. The van der Waals surface area contributed by atoms with Gasteiger partial charge in [-0.25, -0.2) is 4.79 Å². The molecule has 0 bridgehead atoms. The molecule has 0 heterocycles. The smallest absolute Gasteiger partial charge is 0.326 e. The number of hydrogen-bond donors (Lipinski definition) is 3. The maximum Gasteiger partial charge on any atom is 0.326 e. The Morgan fingerprint density at radius 2 is 1.75 bits per heavy atom. The fourth-order valence-corrected chi connectivity index (χ4v) is 1.94. The Hall–Kier alpha value is -1.59. The molecule has 116 valence electrons. The second-order valence-corrected chi connectivity index (χ2v) is 5.20. The predicted molar refractivity (Wildman–Crippen MR) is 74.4 cm³/mol. The fourth-order valence-electron chi connectivity index (χ4n) is 1.94. The molecule has 0 rings (SSSR count). The van der Waals surface area contributed by atoms with Gasteiger partial charge in [-0.15, -0.1) is 0 Å². The Morgan fingerprint density at radius 3 is 2.25 bits per heavy atom. The molecule has 0 saturated heterocycles. The minimum Gasteiger partial charge on any atom is -0.481 e. The third-order valence-electron chi connectivity index (χ3n) is 3.11. The lowest BCUT2D eigenvalue weighted by atomic mass is 9.99. The summed E-state index contributed by atoms with van der Waals surface area (Å²) in [5, 5.41) is 19.9. The van der Waals surface area contributed by atoms with E-state index in [4.69, 9.17) is 10.2 Å². The van der Waals surface area contributed by atoms with Crippen LogP contribution in [0.4, 0.5) is 0 Å². The van der Waals surface area contributed by atoms with Gasteiger partial charge in [0.05, 0.1) is 0 Å². The van der Waals surface area contributed by atoms with Crippen molar-refractivity contribution in [3.8, 4) is 0 Å². The van der Waals surface area contributed by atoms with E-state index in [-0.39, 0.29) is 31.1 Å². The van der Waals surface area contributed by atoms with Gasteiger partial charge < -0.3 is 15.5 Å². The molecule has 0 aromatic rings. The summed E-state index contributed by atoms with van der Waals surface area (Å²) in [5.41, 5.74) is 0. The first-order valence-corrected chi connectivity index (χ1v) is 7.10. The summed E-state index contributed by atoms with van der Waals surface area (Å²) in [6.07, 6.45) is 4.16. The third kappa shape index (κ3) is 9.35. The molecule has 6 nitrogen and oxygen atoms in total. The number of rotatable bonds is 11. The summed E-state index contributed by atoms with van der Waals surface area (Å²) < 4.78 is 0. The number of nitrogens with one attached hydrogen (secondary N) is 1. The molecule has 2 unspecified atom stereocenters. The van der Waals surface area contributed by atoms with Gasteiger partial charge in [0.2, 0.25) is 5.91 Å². The van der Waals surface area contributed by atoms with E-state index in [1.807, 2.05) is 6.92 Å². The van der Waals surface area contributed by atoms with E-state index in [9.17, 15) is 14.4 Å². The minimum atomic E-state index is -1.20. The van der Waals surface area contributed by atoms with Gasteiger partial charge in [0, 0.05) is 12.8 Å². The largest absolute Gasteiger partial charge is 0.481 e. The third-order valence-corrected chi connectivity index (χ3v) is 3.11. The lowest BCUT2D eigenvalue weighted by Gasteiger charge is -2.16. The quantitative estimate of drug-likeness (QED) is 0.504. The van der Waals surface area contributed by atoms with E-state index in [0.29, 0.717) is 0 Å². The zero-order chi connectivity index (χ0) is 15.5. The second-order valence-electron chi connectivity index (χ2n) is 5.20. The van der Waals surface area contributed by atoms with Crippen LogP contribution in [0.1, 0.15) is 58.8 Å². The molecule has 0 aliphatic rings. The molecule has 0 radical (unpaired) electrons. The Labute approximate surface area is 119 Å². The van der Waals surface area contributed by atoms with Gasteiger partial charge in [0.25, 0.3) is 0 Å². The molecule has 0 aromatic heterocycles. The monoisotopic (exact) mass is 287 g/mol. The first kappa shape index (κ1) is 18.4. The maximum absolute atomic E-state index is 11.7. The molecule has 0 saturated carbocycles. The zero-order valence-electron chi connectivity index (χ0n) is 12.2. The van der Waals surface area contributed by atoms with Crippen LogP contribution in [0.25, 0.3) is 0 Å². The second kappa shape index (κ2) is 10.2. The SMILES string of the molecule is CCCCCC(C)CC(=O)NC(CCC(=O)O)C(=O)O. The molecule has 0 fully saturated rings. The Balaban J connectivity index is 4.11. The number of carbonyl (C=O) groups is 3. The highest BCUT2D eigenvalue weighted by Gasteiger charge is 2.21. The predicted octanol–water partition coefficient (Wildman–Crippen LogP) is 2.03. The van der Waals surface area contributed by atoms with Crippen LogP contribution in [0.2, 0.25) is 0 Å². The molecule has 2 atom stereocenters. The van der Waals surface area contributed by atoms with E-state index in [2.05, 4.69) is 12.2 Å². The van der Waals surface area contributed by atoms with Crippen LogP contribution in [0.3, 0.4) is 0 Å². The van der Waals surface area contributed by atoms with Gasteiger partial charge >= 0.3 is 11.9 Å². The van der Waals surface area contributed by atoms with Gasteiger partial charge in [-0.1, -0.05) is 39.5 Å². The number of carboxylic acids is 2. The Morgan fingerprint density at radius 1 is 1.10 bits per heavy atom. The number of aliphatic carboxylic acids is 2. The van der Waals surface area contributed by atoms with Crippen LogP contribution in [0.5, 0.6) is 0 Å². The van der Waals surface area contributed by atoms with Gasteiger partial charge in [-0.3, -0.25) is 9.59 Å². The molecule has 20 heavy (non-hydrogen) atoms. The van der Waals surface area contributed by atoms with Gasteiger partial charge in [0.15, 0.2) is 0 Å². The van der Waals surface area contributed by atoms with E-state index in [0.717, 1.165) is 25.7 Å². The van der Waals surface area contributed by atoms with E-state index >= 15 is 0 Å². The summed E-state index contributed by atoms with van der Waals surface area (Å²) in [5.74, 6) is -2.39. The average molecular weight is 287 g/mol. The van der Waals surface area contributed by atoms with Gasteiger partial charge in [-0.05, 0) is 12.3 Å². The first-order chi connectivity index (χ1) is 9.36. The number of carbonyl (C=O) groups excluding carboxylic acids is 1. The molecular weight excluding hydrogens is 262 g/mol. The van der Waals surface area contributed by atoms with E-state index < -0.39 is 18.0 Å². The lowest BCUT2D eigenvalue weighted by molar-refractivity contribution is -0.143. The highest BCUT2D eigenvalue weighted by molar-refractivity contribution is 5.84. The standard InChI is InChI=1S/C14H25NO5/c1-3-4-5-6-10(2)9-12(16)15-11(14(19)20)7-8-13(17)18/h10-11H,3-9H2,1-2H3,(H,15,16)(H,17,18)(H,19,20). The summed E-state index contributed by atoms with van der Waals surface area (Å²) in [6, 6.07) is -1.12. The van der Waals surface area contributed by atoms with E-state index in [1.165, 1.54) is 0 Å². The molecule has 0 spiro atoms. The summed E-state index contributed by atoms with van der Waals surface area (Å²) in [6.45, 7) is 4.07. The van der Waals surface area contributed by atoms with Crippen LogP contribution in [0.15, 0.2) is 0 Å². The molecule has 0 aromatic carbocycles. The van der Waals surface area contributed by atoms with Crippen LogP contribution in [0, 0.1) is 5.92 Å². The number of unbranched alkanes of at least 4 members (excludes halogenated alkanes) is 2. The topological polar surface area (TPSA) is 104 Å². The molecular formula is C14H25NO5. The van der Waals surface area contributed by atoms with Crippen molar-refractivity contribution in [1.29, 1.82) is 0 Å². The van der Waals surface area contributed by atoms with Crippen molar-refractivity contribution in [2.45, 2.75) is 64.8 Å². The molecule has 0 aliphatic heterocycles. The molecule has 3 N–H and O–H groups in total. The maximum atomic E-state index is 11.7. The van der Waals surface area contributed by atoms with Crippen molar-refractivity contribution in [3.05, 3.63) is 0 Å². The summed E-state index contributed by atoms with van der Waals surface area (Å²) >= 11 is 0. The van der Waals surface area contributed by atoms with Crippen LogP contribution < -0.4 is 5.32 Å². The number of hydrogen-bond acceptors (Lipinski definition) is 3. The van der Waals surface area contributed by atoms with Crippen molar-refractivity contribution in [1.82, 2.24) is 5.32 Å². The van der Waals surface area contributed by atoms with Crippen LogP contribution in [-0.4, -0.2) is 34.1 Å². The van der Waals surface area contributed by atoms with Crippen molar-refractivity contribution < 1.29 is 24.6 Å². The normalized spacial score (nSPS) is 13.5. The van der Waals surface area contributed by atoms with Crippen LogP contribution in [-0.2, 0) is 14.4 Å². The van der Waals surface area contributed by atoms with Crippen molar-refractivity contribution >= 4 is 17.8 Å². The van der Waals surface area contributed by atoms with Gasteiger partial charge in [0.1, 0.15) is 6.04 Å². The minimum absolute atomic E-state index is 0.0966. The zero-order valence-corrected chi connectivity index (χ0v) is 12.2. The van der Waals surface area contributed by atoms with Crippen molar-refractivity contribution in [3.63, 3.8) is 0 Å². The van der Waals surface area contributed by atoms with Gasteiger partial charge in [-0.2, -0.15) is 0 Å². The first-order valence-electron chi connectivity index (χ1n) is 7.10. The number of amides is 1. The summed E-state index contributed by atoms with van der Waals surface area (Å²) in [7, 11) is 0. The van der Waals surface area contributed by atoms with Crippen molar-refractivity contribution in [2.75, 3.05) is 0 Å². The lowest BCUT2D eigenvalue weighted by Crippen LogP contribution is -2.41. The Bertz CT molecular complexity index is 330. The van der Waals surface area contributed by atoms with Crippen molar-refractivity contribution in [2.24, 2.45) is 5.92 Å². The average Bonchev–Trinajstić information content (AvgIpc) is 2.34. The molecule has 1 amide bonds. The van der Waals surface area contributed by atoms with Crippen LogP contribution >= 0.6 is 0 Å². The molecule has 0 aliphatic carbocycles. The molecule has 6 heteroatoms. The Kier molecular flexibility index (Phi) is 9.41. The highest BCUT2D eigenvalue weighted by atomic mass is 16.4.